The van der Waals surface area contributed by atoms with Crippen LogP contribution in [0, 0.1) is 0 Å². The van der Waals surface area contributed by atoms with Gasteiger partial charge in [-0.05, 0) is 47.4 Å². The number of benzene rings is 2. The molecular weight excluding hydrogens is 424 g/mol. The summed E-state index contributed by atoms with van der Waals surface area (Å²) >= 11 is 0.919. The summed E-state index contributed by atoms with van der Waals surface area (Å²) < 4.78 is 5.80. The zero-order chi connectivity index (χ0) is 22.5. The van der Waals surface area contributed by atoms with Crippen LogP contribution >= 0.6 is 11.3 Å². The van der Waals surface area contributed by atoms with Crippen LogP contribution in [-0.4, -0.2) is 26.8 Å². The number of pyridine rings is 1. The van der Waals surface area contributed by atoms with Crippen LogP contribution in [0.4, 0.5) is 0 Å². The van der Waals surface area contributed by atoms with E-state index in [1.54, 1.807) is 24.5 Å². The number of hydrogen-bond donors (Lipinski definition) is 1. The highest BCUT2D eigenvalue weighted by Crippen LogP contribution is 2.30. The summed E-state index contributed by atoms with van der Waals surface area (Å²) in [4.78, 5) is 33.3. The van der Waals surface area contributed by atoms with Gasteiger partial charge in [-0.25, -0.2) is 9.78 Å². The minimum Gasteiger partial charge on any atom is -0.487 e. The molecule has 0 unspecified atom stereocenters. The molecule has 1 N–H and O–H groups in total. The van der Waals surface area contributed by atoms with E-state index in [-0.39, 0.29) is 15.7 Å². The fourth-order valence-electron chi connectivity index (χ4n) is 3.31. The lowest BCUT2D eigenvalue weighted by atomic mass is 9.95. The molecule has 0 amide bonds. The molecule has 0 saturated heterocycles. The molecule has 2 aromatic heterocycles. The molecule has 0 fully saturated rings. The number of thiazole rings is 1. The number of carbonyl (C=O) groups is 2. The van der Waals surface area contributed by atoms with Crippen LogP contribution in [0.15, 0.2) is 73.1 Å². The Bertz CT molecular complexity index is 1250. The number of aromatic carboxylic acids is 1. The lowest BCUT2D eigenvalue weighted by molar-refractivity contribution is 0.0700. The van der Waals surface area contributed by atoms with Gasteiger partial charge in [0.25, 0.3) is 0 Å². The van der Waals surface area contributed by atoms with Crippen molar-refractivity contribution in [3.63, 3.8) is 0 Å². The number of carboxylic acid groups (broad SMARTS) is 1. The standard InChI is InChI=1S/C25H20N2O4S/c1-2-21-23(25(29)30)32-24(27-21)22(28)19-11-10-16(15-31-18-9-6-12-26-14-18)13-20(19)17-7-4-3-5-8-17/h3-14H,2,15H2,1H3,(H,29,30). The molecule has 7 heteroatoms. The molecule has 0 saturated carbocycles. The van der Waals surface area contributed by atoms with E-state index in [2.05, 4.69) is 9.97 Å². The number of nitrogens with zero attached hydrogens (tertiary/aromatic N) is 2. The van der Waals surface area contributed by atoms with Gasteiger partial charge in [0.15, 0.2) is 5.01 Å². The van der Waals surface area contributed by atoms with Crippen LogP contribution in [0.2, 0.25) is 0 Å². The Kier molecular flexibility index (Phi) is 6.37. The van der Waals surface area contributed by atoms with Gasteiger partial charge < -0.3 is 9.84 Å². The second kappa shape index (κ2) is 9.53. The van der Waals surface area contributed by atoms with Crippen LogP contribution in [0.5, 0.6) is 5.75 Å². The minimum absolute atomic E-state index is 0.110. The van der Waals surface area contributed by atoms with Crippen LogP contribution in [0.3, 0.4) is 0 Å². The van der Waals surface area contributed by atoms with Crippen LogP contribution in [0.25, 0.3) is 11.1 Å². The van der Waals surface area contributed by atoms with E-state index in [0.29, 0.717) is 30.0 Å². The third-order valence-electron chi connectivity index (χ3n) is 4.87. The summed E-state index contributed by atoms with van der Waals surface area (Å²) in [5, 5.41) is 9.60. The van der Waals surface area contributed by atoms with Crippen molar-refractivity contribution in [2.45, 2.75) is 20.0 Å². The minimum atomic E-state index is -1.07. The van der Waals surface area contributed by atoms with Crippen LogP contribution < -0.4 is 4.74 Å². The van der Waals surface area contributed by atoms with E-state index in [9.17, 15) is 14.7 Å². The molecule has 4 rings (SSSR count). The number of carbonyl (C=O) groups excluding carboxylic acids is 1. The number of aromatic nitrogens is 2. The van der Waals surface area contributed by atoms with Gasteiger partial charge in [0.2, 0.25) is 5.78 Å². The van der Waals surface area contributed by atoms with E-state index in [0.717, 1.165) is 28.0 Å². The molecule has 32 heavy (non-hydrogen) atoms. The maximum atomic E-state index is 13.4. The third kappa shape index (κ3) is 4.58. The third-order valence-corrected chi connectivity index (χ3v) is 5.96. The van der Waals surface area contributed by atoms with Crippen molar-refractivity contribution in [2.24, 2.45) is 0 Å². The summed E-state index contributed by atoms with van der Waals surface area (Å²) in [7, 11) is 0. The zero-order valence-electron chi connectivity index (χ0n) is 17.3. The van der Waals surface area contributed by atoms with E-state index >= 15 is 0 Å². The second-order valence-corrected chi connectivity index (χ2v) is 8.01. The number of rotatable bonds is 8. The number of aryl methyl sites for hydroxylation is 1. The van der Waals surface area contributed by atoms with Crippen molar-refractivity contribution in [3.05, 3.63) is 99.8 Å². The van der Waals surface area contributed by atoms with E-state index < -0.39 is 5.97 Å². The first kappa shape index (κ1) is 21.4. The summed E-state index contributed by atoms with van der Waals surface area (Å²) in [6.45, 7) is 2.14. The van der Waals surface area contributed by atoms with Gasteiger partial charge in [-0.15, -0.1) is 11.3 Å². The lowest BCUT2D eigenvalue weighted by Gasteiger charge is -2.12. The average molecular weight is 445 g/mol. The SMILES string of the molecule is CCc1nc(C(=O)c2ccc(COc3cccnc3)cc2-c2ccccc2)sc1C(=O)O. The Hall–Kier alpha value is -3.84. The molecule has 160 valence electrons. The van der Waals surface area contributed by atoms with Crippen molar-refractivity contribution in [3.8, 4) is 16.9 Å². The molecule has 0 bridgehead atoms. The summed E-state index contributed by atoms with van der Waals surface area (Å²) in [5.74, 6) is -0.703. The predicted molar refractivity (Wildman–Crippen MR) is 122 cm³/mol. The summed E-state index contributed by atoms with van der Waals surface area (Å²) in [6.07, 6.45) is 3.77. The topological polar surface area (TPSA) is 89.4 Å². The van der Waals surface area contributed by atoms with E-state index in [4.69, 9.17) is 4.74 Å². The van der Waals surface area contributed by atoms with E-state index in [1.165, 1.54) is 0 Å². The van der Waals surface area contributed by atoms with Gasteiger partial charge in [0, 0.05) is 11.8 Å². The fourth-order valence-corrected chi connectivity index (χ4v) is 4.25. The highest BCUT2D eigenvalue weighted by molar-refractivity contribution is 7.15. The molecule has 0 aliphatic carbocycles. The van der Waals surface area contributed by atoms with Crippen molar-refractivity contribution >= 4 is 23.1 Å². The van der Waals surface area contributed by atoms with Crippen LogP contribution in [-0.2, 0) is 13.0 Å². The monoisotopic (exact) mass is 444 g/mol. The average Bonchev–Trinajstić information content (AvgIpc) is 3.28. The maximum absolute atomic E-state index is 13.4. The van der Waals surface area contributed by atoms with Gasteiger partial charge in [0.1, 0.15) is 17.2 Å². The number of ketones is 1. The molecule has 0 atom stereocenters. The van der Waals surface area contributed by atoms with Gasteiger partial charge in [-0.3, -0.25) is 9.78 Å². The summed E-state index contributed by atoms with van der Waals surface area (Å²) in [5.41, 5.74) is 3.41. The predicted octanol–water partition coefficient (Wildman–Crippen LogP) is 5.28. The fraction of sp³-hybridized carbons (Fsp3) is 0.120. The second-order valence-electron chi connectivity index (χ2n) is 7.01. The molecule has 2 heterocycles. The molecule has 2 aromatic carbocycles. The van der Waals surface area contributed by atoms with Gasteiger partial charge in [-0.1, -0.05) is 43.3 Å². The Morgan fingerprint density at radius 1 is 1.06 bits per heavy atom. The van der Waals surface area contributed by atoms with Crippen molar-refractivity contribution in [1.82, 2.24) is 9.97 Å². The Morgan fingerprint density at radius 2 is 1.88 bits per heavy atom. The molecule has 4 aromatic rings. The van der Waals surface area contributed by atoms with Crippen molar-refractivity contribution < 1.29 is 19.4 Å². The normalized spacial score (nSPS) is 10.7. The summed E-state index contributed by atoms with van der Waals surface area (Å²) in [6, 6.07) is 18.7. The van der Waals surface area contributed by atoms with Gasteiger partial charge in [-0.2, -0.15) is 0 Å². The molecule has 6 nitrogen and oxygen atoms in total. The largest absolute Gasteiger partial charge is 0.487 e. The molecule has 0 radical (unpaired) electrons. The number of hydrogen-bond acceptors (Lipinski definition) is 6. The van der Waals surface area contributed by atoms with Crippen LogP contribution in [0.1, 0.15) is 43.2 Å². The molecule has 0 aliphatic rings. The Balaban J connectivity index is 1.71. The van der Waals surface area contributed by atoms with E-state index in [1.807, 2.05) is 55.5 Å². The first-order valence-electron chi connectivity index (χ1n) is 10.1. The van der Waals surface area contributed by atoms with Crippen molar-refractivity contribution in [2.75, 3.05) is 0 Å². The van der Waals surface area contributed by atoms with Gasteiger partial charge >= 0.3 is 5.97 Å². The molecular formula is C25H20N2O4S. The first-order valence-corrected chi connectivity index (χ1v) is 10.9. The highest BCUT2D eigenvalue weighted by Gasteiger charge is 2.23. The molecule has 0 spiro atoms. The zero-order valence-corrected chi connectivity index (χ0v) is 18.1. The maximum Gasteiger partial charge on any atom is 0.347 e. The quantitative estimate of drug-likeness (QED) is 0.372. The smallest absolute Gasteiger partial charge is 0.347 e. The van der Waals surface area contributed by atoms with Crippen molar-refractivity contribution in [1.29, 1.82) is 0 Å². The Morgan fingerprint density at radius 3 is 2.53 bits per heavy atom. The lowest BCUT2D eigenvalue weighted by Crippen LogP contribution is -2.05. The number of ether oxygens (including phenoxy) is 1. The first-order chi connectivity index (χ1) is 15.6. The Labute approximate surface area is 189 Å². The number of carboxylic acids is 1. The highest BCUT2D eigenvalue weighted by atomic mass is 32.1. The molecule has 0 aliphatic heterocycles. The van der Waals surface area contributed by atoms with Gasteiger partial charge in [0.05, 0.1) is 11.9 Å².